The smallest absolute Gasteiger partial charge is 0.315 e. The maximum Gasteiger partial charge on any atom is 0.315 e. The summed E-state index contributed by atoms with van der Waals surface area (Å²) in [5.41, 5.74) is -0.860. The van der Waals surface area contributed by atoms with Gasteiger partial charge in [0, 0.05) is 19.2 Å². The average Bonchev–Trinajstić information content (AvgIpc) is 2.68. The number of carbonyl (C=O) groups is 1. The molecule has 9 heteroatoms. The minimum atomic E-state index is -0.870. The van der Waals surface area contributed by atoms with Gasteiger partial charge in [0.1, 0.15) is 11.6 Å². The molecular formula is C19H28N4O5. The molecule has 0 spiro atoms. The number of nitriles is 1. The van der Waals surface area contributed by atoms with Crippen molar-refractivity contribution in [3.63, 3.8) is 0 Å². The summed E-state index contributed by atoms with van der Waals surface area (Å²) in [5.74, 6) is -2.08. The van der Waals surface area contributed by atoms with Crippen LogP contribution in [0.4, 0.5) is 5.69 Å². The first-order valence-electron chi connectivity index (χ1n) is 8.96. The molecule has 28 heavy (non-hydrogen) atoms. The second-order valence-electron chi connectivity index (χ2n) is 5.80. The van der Waals surface area contributed by atoms with Gasteiger partial charge >= 0.3 is 5.69 Å². The Morgan fingerprint density at radius 3 is 2.07 bits per heavy atom. The van der Waals surface area contributed by atoms with Crippen LogP contribution in [0.15, 0.2) is 17.7 Å². The molecular weight excluding hydrogens is 364 g/mol. The first-order chi connectivity index (χ1) is 13.2. The zero-order chi connectivity index (χ0) is 21.9. The Labute approximate surface area is 165 Å². The van der Waals surface area contributed by atoms with E-state index in [1.54, 1.807) is 19.9 Å². The van der Waals surface area contributed by atoms with E-state index in [0.717, 1.165) is 31.3 Å². The minimum Gasteiger partial charge on any atom is -0.504 e. The predicted molar refractivity (Wildman–Crippen MR) is 107 cm³/mol. The second-order valence-corrected chi connectivity index (χ2v) is 5.80. The van der Waals surface area contributed by atoms with Crippen molar-refractivity contribution in [3.8, 4) is 17.6 Å². The summed E-state index contributed by atoms with van der Waals surface area (Å²) in [4.78, 5) is 25.7. The van der Waals surface area contributed by atoms with Gasteiger partial charge in [-0.3, -0.25) is 14.9 Å². The fraction of sp³-hybridized carbons (Fsp3) is 0.474. The van der Waals surface area contributed by atoms with Gasteiger partial charge in [-0.05, 0) is 51.7 Å². The van der Waals surface area contributed by atoms with Crippen molar-refractivity contribution in [1.29, 1.82) is 5.26 Å². The quantitative estimate of drug-likeness (QED) is 0.240. The number of phenolic OH excluding ortho intramolecular Hbond substituents is 2. The van der Waals surface area contributed by atoms with E-state index >= 15 is 0 Å². The number of nitro benzene ring substituents is 1. The molecule has 0 atom stereocenters. The number of phenols is 2. The zero-order valence-corrected chi connectivity index (χ0v) is 17.0. The van der Waals surface area contributed by atoms with Gasteiger partial charge in [-0.2, -0.15) is 5.26 Å². The third-order valence-corrected chi connectivity index (χ3v) is 4.08. The predicted octanol–water partition coefficient (Wildman–Crippen LogP) is 2.74. The highest BCUT2D eigenvalue weighted by atomic mass is 16.6. The molecule has 0 saturated heterocycles. The fourth-order valence-corrected chi connectivity index (χ4v) is 2.06. The van der Waals surface area contributed by atoms with Crippen molar-refractivity contribution < 1.29 is 19.9 Å². The molecule has 2 N–H and O–H groups in total. The lowest BCUT2D eigenvalue weighted by molar-refractivity contribution is -0.386. The molecule has 0 fully saturated rings. The number of hydrogen-bond acceptors (Lipinski definition) is 7. The van der Waals surface area contributed by atoms with Gasteiger partial charge in [-0.25, -0.2) is 0 Å². The van der Waals surface area contributed by atoms with Crippen LogP contribution in [0.25, 0.3) is 6.08 Å². The number of benzene rings is 1. The number of aromatic hydroxyl groups is 2. The van der Waals surface area contributed by atoms with Gasteiger partial charge in [0.15, 0.2) is 5.75 Å². The van der Waals surface area contributed by atoms with Crippen molar-refractivity contribution in [2.45, 2.75) is 27.7 Å². The minimum absolute atomic E-state index is 0.0686. The van der Waals surface area contributed by atoms with Gasteiger partial charge in [0.05, 0.1) is 4.92 Å². The molecule has 0 aliphatic rings. The van der Waals surface area contributed by atoms with E-state index in [9.17, 15) is 25.1 Å². The molecule has 0 saturated carbocycles. The van der Waals surface area contributed by atoms with Crippen LogP contribution in [0, 0.1) is 21.4 Å². The Balaban J connectivity index is 0.00000105. The number of amides is 1. The second kappa shape index (κ2) is 12.3. The number of hydrogen-bond donors (Lipinski definition) is 2. The molecule has 0 aromatic heterocycles. The van der Waals surface area contributed by atoms with Crippen molar-refractivity contribution in [2.24, 2.45) is 0 Å². The summed E-state index contributed by atoms with van der Waals surface area (Å²) in [5, 5.41) is 38.8. The molecule has 9 nitrogen and oxygen atoms in total. The maximum absolute atomic E-state index is 12.1. The molecule has 154 valence electrons. The number of nitro groups is 1. The van der Waals surface area contributed by atoms with Gasteiger partial charge < -0.3 is 20.0 Å². The molecule has 0 heterocycles. The van der Waals surface area contributed by atoms with Crippen LogP contribution >= 0.6 is 0 Å². The van der Waals surface area contributed by atoms with Gasteiger partial charge in [0.2, 0.25) is 5.75 Å². The molecule has 0 unspecified atom stereocenters. The van der Waals surface area contributed by atoms with E-state index in [1.807, 2.05) is 0 Å². The Kier molecular flexibility index (Phi) is 10.9. The van der Waals surface area contributed by atoms with Gasteiger partial charge in [0.25, 0.3) is 5.91 Å². The highest BCUT2D eigenvalue weighted by Crippen LogP contribution is 2.36. The summed E-state index contributed by atoms with van der Waals surface area (Å²) in [7, 11) is 2.11. The lowest BCUT2D eigenvalue weighted by atomic mass is 10.1. The maximum atomic E-state index is 12.1. The fourth-order valence-electron chi connectivity index (χ4n) is 2.06. The average molecular weight is 392 g/mol. The number of rotatable bonds is 7. The van der Waals surface area contributed by atoms with Crippen LogP contribution in [0.2, 0.25) is 0 Å². The molecule has 0 bridgehead atoms. The summed E-state index contributed by atoms with van der Waals surface area (Å²) in [6.45, 7) is 11.0. The largest absolute Gasteiger partial charge is 0.504 e. The number of carbonyl (C=O) groups excluding carboxylic acids is 1. The highest BCUT2D eigenvalue weighted by Gasteiger charge is 2.20. The van der Waals surface area contributed by atoms with E-state index in [-0.39, 0.29) is 11.1 Å². The SMILES string of the molecule is CCN(C)CC.CCN(CC)C(=O)/C(C#N)=C/c1cc(O)c(O)c([N+](=O)[O-])c1. The van der Waals surface area contributed by atoms with Crippen LogP contribution < -0.4 is 0 Å². The lowest BCUT2D eigenvalue weighted by Gasteiger charge is -2.17. The molecule has 1 aromatic carbocycles. The summed E-state index contributed by atoms with van der Waals surface area (Å²) in [6, 6.07) is 3.75. The van der Waals surface area contributed by atoms with Crippen molar-refractivity contribution >= 4 is 17.7 Å². The first-order valence-corrected chi connectivity index (χ1v) is 8.96. The summed E-state index contributed by atoms with van der Waals surface area (Å²) >= 11 is 0. The van der Waals surface area contributed by atoms with Crippen molar-refractivity contribution in [3.05, 3.63) is 33.4 Å². The topological polar surface area (TPSA) is 131 Å². The number of nitrogens with zero attached hydrogens (tertiary/aromatic N) is 4. The third-order valence-electron chi connectivity index (χ3n) is 4.08. The van der Waals surface area contributed by atoms with Crippen LogP contribution in [-0.4, -0.2) is 64.1 Å². The Morgan fingerprint density at radius 2 is 1.71 bits per heavy atom. The van der Waals surface area contributed by atoms with Crippen molar-refractivity contribution in [2.75, 3.05) is 33.2 Å². The van der Waals surface area contributed by atoms with Gasteiger partial charge in [-0.15, -0.1) is 0 Å². The normalized spacial score (nSPS) is 10.7. The standard InChI is InChI=1S/C14H15N3O5.C5H13N/c1-3-16(4-2)14(20)10(8-15)5-9-6-11(17(21)22)13(19)12(18)7-9;1-4-6(3)5-2/h5-7,18-19H,3-4H2,1-2H3;4-5H2,1-3H3/b10-5+;. The molecule has 0 radical (unpaired) electrons. The third kappa shape index (κ3) is 7.25. The summed E-state index contributed by atoms with van der Waals surface area (Å²) in [6.07, 6.45) is 1.13. The van der Waals surface area contributed by atoms with E-state index < -0.39 is 28.0 Å². The first kappa shape index (κ1) is 24.9. The molecule has 1 aromatic rings. The highest BCUT2D eigenvalue weighted by molar-refractivity contribution is 6.01. The van der Waals surface area contributed by atoms with E-state index in [4.69, 9.17) is 5.26 Å². The van der Waals surface area contributed by atoms with Crippen LogP contribution in [0.5, 0.6) is 11.5 Å². The van der Waals surface area contributed by atoms with Crippen LogP contribution in [0.1, 0.15) is 33.3 Å². The Bertz CT molecular complexity index is 747. The Morgan fingerprint density at radius 1 is 1.18 bits per heavy atom. The lowest BCUT2D eigenvalue weighted by Crippen LogP contribution is -2.31. The molecule has 1 amide bonds. The van der Waals surface area contributed by atoms with Crippen LogP contribution in [0.3, 0.4) is 0 Å². The monoisotopic (exact) mass is 392 g/mol. The van der Waals surface area contributed by atoms with E-state index in [2.05, 4.69) is 25.8 Å². The van der Waals surface area contributed by atoms with Crippen molar-refractivity contribution in [1.82, 2.24) is 9.80 Å². The summed E-state index contributed by atoms with van der Waals surface area (Å²) < 4.78 is 0. The Hall–Kier alpha value is -3.12. The molecule has 0 aliphatic carbocycles. The van der Waals surface area contributed by atoms with Crippen LogP contribution in [-0.2, 0) is 4.79 Å². The zero-order valence-electron chi connectivity index (χ0n) is 17.0. The van der Waals surface area contributed by atoms with Gasteiger partial charge in [-0.1, -0.05) is 13.8 Å². The molecule has 0 aliphatic heterocycles. The molecule has 1 rings (SSSR count). The number of likely N-dealkylation sites (N-methyl/N-ethyl adjacent to an activating group) is 1. The van der Waals surface area contributed by atoms with E-state index in [1.165, 1.54) is 4.90 Å². The van der Waals surface area contributed by atoms with E-state index in [0.29, 0.717) is 13.1 Å².